The van der Waals surface area contributed by atoms with E-state index in [2.05, 4.69) is 40.7 Å². The number of hydrogen-bond acceptors (Lipinski definition) is 3. The molecular weight excluding hydrogens is 250 g/mol. The van der Waals surface area contributed by atoms with Crippen molar-refractivity contribution in [3.8, 4) is 5.88 Å². The fourth-order valence-electron chi connectivity index (χ4n) is 2.42. The van der Waals surface area contributed by atoms with Crippen LogP contribution in [0.2, 0.25) is 0 Å². The number of methoxy groups -OCH3 is 1. The number of aryl methyl sites for hydroxylation is 3. The van der Waals surface area contributed by atoms with Gasteiger partial charge in [0.1, 0.15) is 0 Å². The maximum atomic E-state index is 5.38. The molecule has 20 heavy (non-hydrogen) atoms. The van der Waals surface area contributed by atoms with E-state index >= 15 is 0 Å². The number of benzene rings is 1. The van der Waals surface area contributed by atoms with Crippen LogP contribution in [0.3, 0.4) is 0 Å². The molecule has 0 fully saturated rings. The van der Waals surface area contributed by atoms with E-state index in [1.807, 2.05) is 14.0 Å². The van der Waals surface area contributed by atoms with E-state index in [0.717, 1.165) is 43.1 Å². The second-order valence-electron chi connectivity index (χ2n) is 4.96. The molecule has 0 unspecified atom stereocenters. The molecule has 0 saturated carbocycles. The largest absolute Gasteiger partial charge is 0.481 e. The zero-order chi connectivity index (χ0) is 14.4. The first-order chi connectivity index (χ1) is 9.72. The normalized spacial score (nSPS) is 10.8. The van der Waals surface area contributed by atoms with Gasteiger partial charge in [-0.25, -0.2) is 4.68 Å². The highest BCUT2D eigenvalue weighted by Crippen LogP contribution is 2.20. The Balaban J connectivity index is 1.76. The molecule has 4 heteroatoms. The fourth-order valence-corrected chi connectivity index (χ4v) is 2.42. The molecule has 0 spiro atoms. The Kier molecular flexibility index (Phi) is 5.18. The maximum Gasteiger partial charge on any atom is 0.216 e. The van der Waals surface area contributed by atoms with Crippen molar-refractivity contribution in [2.24, 2.45) is 7.05 Å². The predicted octanol–water partition coefficient (Wildman–Crippen LogP) is 2.46. The third-order valence-corrected chi connectivity index (χ3v) is 3.45. The quantitative estimate of drug-likeness (QED) is 0.788. The number of rotatable bonds is 7. The van der Waals surface area contributed by atoms with E-state index in [1.54, 1.807) is 11.8 Å². The lowest BCUT2D eigenvalue weighted by atomic mass is 10.1. The lowest BCUT2D eigenvalue weighted by molar-refractivity contribution is 0.368. The van der Waals surface area contributed by atoms with Gasteiger partial charge in [-0.3, -0.25) is 0 Å². The molecule has 0 radical (unpaired) electrons. The molecule has 4 nitrogen and oxygen atoms in total. The van der Waals surface area contributed by atoms with Gasteiger partial charge in [0.25, 0.3) is 0 Å². The van der Waals surface area contributed by atoms with Crippen molar-refractivity contribution in [1.82, 2.24) is 15.1 Å². The molecule has 1 heterocycles. The number of hydrogen-bond donors (Lipinski definition) is 1. The summed E-state index contributed by atoms with van der Waals surface area (Å²) in [5.74, 6) is 0.845. The highest BCUT2D eigenvalue weighted by molar-refractivity contribution is 5.30. The van der Waals surface area contributed by atoms with Crippen LogP contribution in [-0.2, 0) is 20.0 Å². The van der Waals surface area contributed by atoms with E-state index in [-0.39, 0.29) is 0 Å². The first-order valence-electron chi connectivity index (χ1n) is 7.03. The summed E-state index contributed by atoms with van der Waals surface area (Å²) in [6.07, 6.45) is 2.24. The number of nitrogens with one attached hydrogen (secondary N) is 1. The van der Waals surface area contributed by atoms with Crippen LogP contribution in [0.4, 0.5) is 0 Å². The number of ether oxygens (including phenoxy) is 1. The van der Waals surface area contributed by atoms with Gasteiger partial charge in [-0.15, -0.1) is 0 Å². The van der Waals surface area contributed by atoms with E-state index in [4.69, 9.17) is 4.74 Å². The van der Waals surface area contributed by atoms with Crippen molar-refractivity contribution in [3.05, 3.63) is 47.2 Å². The van der Waals surface area contributed by atoms with Crippen LogP contribution < -0.4 is 10.1 Å². The van der Waals surface area contributed by atoms with Crippen LogP contribution in [0.5, 0.6) is 5.88 Å². The molecule has 1 N–H and O–H groups in total. The van der Waals surface area contributed by atoms with Gasteiger partial charge < -0.3 is 10.1 Å². The van der Waals surface area contributed by atoms with E-state index in [1.165, 1.54) is 5.56 Å². The van der Waals surface area contributed by atoms with Gasteiger partial charge in [0.05, 0.1) is 18.4 Å². The zero-order valence-corrected chi connectivity index (χ0v) is 12.5. The predicted molar refractivity (Wildman–Crippen MR) is 81.0 cm³/mol. The molecule has 0 aliphatic heterocycles. The second-order valence-corrected chi connectivity index (χ2v) is 4.96. The van der Waals surface area contributed by atoms with Crippen molar-refractivity contribution >= 4 is 0 Å². The van der Waals surface area contributed by atoms with E-state index < -0.39 is 0 Å². The minimum absolute atomic E-state index is 0.803. The standard InChI is InChI=1S/C16H23N3O/c1-13-15(16(20-3)19(2)18-13)12-17-11-7-10-14-8-5-4-6-9-14/h4-6,8-9,17H,7,10-12H2,1-3H3. The van der Waals surface area contributed by atoms with Crippen molar-refractivity contribution in [3.63, 3.8) is 0 Å². The smallest absolute Gasteiger partial charge is 0.216 e. The molecule has 0 amide bonds. The Labute approximate surface area is 120 Å². The number of nitrogens with zero attached hydrogens (tertiary/aromatic N) is 2. The molecule has 2 aromatic rings. The van der Waals surface area contributed by atoms with Gasteiger partial charge in [-0.05, 0) is 31.9 Å². The van der Waals surface area contributed by atoms with Crippen molar-refractivity contribution in [1.29, 1.82) is 0 Å². The van der Waals surface area contributed by atoms with Crippen LogP contribution in [0.25, 0.3) is 0 Å². The van der Waals surface area contributed by atoms with Crippen LogP contribution in [0.1, 0.15) is 23.2 Å². The third-order valence-electron chi connectivity index (χ3n) is 3.45. The minimum Gasteiger partial charge on any atom is -0.481 e. The molecule has 2 rings (SSSR count). The average molecular weight is 273 g/mol. The van der Waals surface area contributed by atoms with Crippen molar-refractivity contribution in [2.75, 3.05) is 13.7 Å². The highest BCUT2D eigenvalue weighted by atomic mass is 16.5. The molecule has 0 atom stereocenters. The summed E-state index contributed by atoms with van der Waals surface area (Å²) >= 11 is 0. The van der Waals surface area contributed by atoms with E-state index in [9.17, 15) is 0 Å². The lowest BCUT2D eigenvalue weighted by Gasteiger charge is -2.07. The van der Waals surface area contributed by atoms with Crippen molar-refractivity contribution < 1.29 is 4.74 Å². The monoisotopic (exact) mass is 273 g/mol. The summed E-state index contributed by atoms with van der Waals surface area (Å²) in [6.45, 7) is 3.81. The molecule has 0 bridgehead atoms. The first-order valence-corrected chi connectivity index (χ1v) is 7.03. The summed E-state index contributed by atoms with van der Waals surface area (Å²) in [7, 11) is 3.60. The SMILES string of the molecule is COc1c(CNCCCc2ccccc2)c(C)nn1C. The van der Waals surface area contributed by atoms with Gasteiger partial charge in [-0.1, -0.05) is 30.3 Å². The zero-order valence-electron chi connectivity index (χ0n) is 12.5. The van der Waals surface area contributed by atoms with Gasteiger partial charge in [0.2, 0.25) is 5.88 Å². The van der Waals surface area contributed by atoms with Gasteiger partial charge >= 0.3 is 0 Å². The third kappa shape index (κ3) is 3.61. The Morgan fingerprint density at radius 1 is 1.25 bits per heavy atom. The fraction of sp³-hybridized carbons (Fsp3) is 0.438. The van der Waals surface area contributed by atoms with Crippen LogP contribution in [-0.4, -0.2) is 23.4 Å². The van der Waals surface area contributed by atoms with Gasteiger partial charge in [-0.2, -0.15) is 5.10 Å². The summed E-state index contributed by atoms with van der Waals surface area (Å²) in [5, 5.41) is 7.85. The summed E-state index contributed by atoms with van der Waals surface area (Å²) < 4.78 is 7.17. The van der Waals surface area contributed by atoms with Crippen molar-refractivity contribution in [2.45, 2.75) is 26.3 Å². The maximum absolute atomic E-state index is 5.38. The highest BCUT2D eigenvalue weighted by Gasteiger charge is 2.12. The Morgan fingerprint density at radius 2 is 2.00 bits per heavy atom. The average Bonchev–Trinajstić information content (AvgIpc) is 2.73. The van der Waals surface area contributed by atoms with Gasteiger partial charge in [0.15, 0.2) is 0 Å². The Bertz CT molecular complexity index is 534. The molecule has 0 saturated heterocycles. The molecule has 1 aromatic heterocycles. The summed E-state index contributed by atoms with van der Waals surface area (Å²) in [5.41, 5.74) is 3.57. The molecule has 1 aromatic carbocycles. The number of aromatic nitrogens is 2. The Hall–Kier alpha value is -1.81. The van der Waals surface area contributed by atoms with Crippen LogP contribution >= 0.6 is 0 Å². The molecule has 0 aliphatic rings. The molecule has 0 aliphatic carbocycles. The second kappa shape index (κ2) is 7.10. The topological polar surface area (TPSA) is 39.1 Å². The molecule has 108 valence electrons. The molecular formula is C16H23N3O. The van der Waals surface area contributed by atoms with Crippen LogP contribution in [0.15, 0.2) is 30.3 Å². The Morgan fingerprint density at radius 3 is 2.70 bits per heavy atom. The lowest BCUT2D eigenvalue weighted by Crippen LogP contribution is -2.16. The first kappa shape index (κ1) is 14.6. The van der Waals surface area contributed by atoms with E-state index in [0.29, 0.717) is 0 Å². The summed E-state index contributed by atoms with van der Waals surface area (Å²) in [6, 6.07) is 10.6. The summed E-state index contributed by atoms with van der Waals surface area (Å²) in [4.78, 5) is 0. The van der Waals surface area contributed by atoms with Crippen LogP contribution in [0, 0.1) is 6.92 Å². The van der Waals surface area contributed by atoms with Gasteiger partial charge in [0, 0.05) is 13.6 Å². The minimum atomic E-state index is 0.803.